The van der Waals surface area contributed by atoms with Gasteiger partial charge < -0.3 is 15.3 Å². The van der Waals surface area contributed by atoms with Crippen LogP contribution < -0.4 is 10.2 Å². The van der Waals surface area contributed by atoms with Crippen LogP contribution >= 0.6 is 0 Å². The Morgan fingerprint density at radius 1 is 1.29 bits per heavy atom. The number of hydrogen-bond donors (Lipinski definition) is 2. The number of benzene rings is 1. The van der Waals surface area contributed by atoms with Gasteiger partial charge in [-0.3, -0.25) is 9.59 Å². The Kier molecular flexibility index (Phi) is 6.35. The van der Waals surface area contributed by atoms with E-state index >= 15 is 0 Å². The van der Waals surface area contributed by atoms with Crippen molar-refractivity contribution in [3.63, 3.8) is 0 Å². The fourth-order valence-corrected chi connectivity index (χ4v) is 2.89. The van der Waals surface area contributed by atoms with Gasteiger partial charge >= 0.3 is 5.97 Å². The monoisotopic (exact) mass is 332 g/mol. The molecule has 1 atom stereocenters. The molecule has 0 aliphatic carbocycles. The van der Waals surface area contributed by atoms with Crippen molar-refractivity contribution >= 4 is 23.5 Å². The van der Waals surface area contributed by atoms with E-state index in [0.29, 0.717) is 12.8 Å². The molecule has 1 aliphatic rings. The number of carbonyl (C=O) groups excluding carboxylic acids is 2. The summed E-state index contributed by atoms with van der Waals surface area (Å²) in [5, 5.41) is 11.7. The number of fused-ring (bicyclic) bond motifs is 1. The zero-order valence-corrected chi connectivity index (χ0v) is 14.0. The average Bonchev–Trinajstić information content (AvgIpc) is 2.57. The Morgan fingerprint density at radius 3 is 2.75 bits per heavy atom. The van der Waals surface area contributed by atoms with Gasteiger partial charge in [0.05, 0.1) is 0 Å². The lowest BCUT2D eigenvalue weighted by Gasteiger charge is -2.29. The molecule has 1 aromatic carbocycles. The second kappa shape index (κ2) is 8.47. The number of unbranched alkanes of at least 4 members (excludes halogenated alkanes) is 1. The van der Waals surface area contributed by atoms with Gasteiger partial charge in [-0.05, 0) is 24.5 Å². The van der Waals surface area contributed by atoms with Crippen LogP contribution in [0.2, 0.25) is 0 Å². The van der Waals surface area contributed by atoms with Gasteiger partial charge in [0.25, 0.3) is 0 Å². The van der Waals surface area contributed by atoms with Crippen LogP contribution in [0.4, 0.5) is 5.69 Å². The molecule has 6 heteroatoms. The third-order valence-electron chi connectivity index (χ3n) is 4.23. The van der Waals surface area contributed by atoms with Gasteiger partial charge in [-0.25, -0.2) is 4.79 Å². The molecule has 0 saturated heterocycles. The number of aryl methyl sites for hydroxylation is 1. The third kappa shape index (κ3) is 4.57. The zero-order valence-electron chi connectivity index (χ0n) is 14.0. The molecule has 2 amide bonds. The van der Waals surface area contributed by atoms with E-state index in [9.17, 15) is 14.4 Å². The number of carboxylic acid groups (broad SMARTS) is 1. The zero-order chi connectivity index (χ0) is 17.5. The molecule has 1 unspecified atom stereocenters. The molecule has 130 valence electrons. The highest BCUT2D eigenvalue weighted by Crippen LogP contribution is 2.27. The van der Waals surface area contributed by atoms with E-state index in [1.54, 1.807) is 4.90 Å². The molecule has 0 aromatic heterocycles. The minimum absolute atomic E-state index is 0.00210. The molecule has 0 spiro atoms. The largest absolute Gasteiger partial charge is 0.480 e. The van der Waals surface area contributed by atoms with Gasteiger partial charge in [-0.1, -0.05) is 38.0 Å². The van der Waals surface area contributed by atoms with Gasteiger partial charge in [-0.2, -0.15) is 0 Å². The van der Waals surface area contributed by atoms with Gasteiger partial charge in [0.1, 0.15) is 6.04 Å². The first-order chi connectivity index (χ1) is 11.5. The van der Waals surface area contributed by atoms with Crippen molar-refractivity contribution in [2.75, 3.05) is 11.4 Å². The Labute approximate surface area is 141 Å². The molecule has 2 N–H and O–H groups in total. The van der Waals surface area contributed by atoms with Crippen LogP contribution in [0, 0.1) is 0 Å². The van der Waals surface area contributed by atoms with Gasteiger partial charge in [-0.15, -0.1) is 0 Å². The van der Waals surface area contributed by atoms with Crippen molar-refractivity contribution in [1.82, 2.24) is 5.32 Å². The fraction of sp³-hybridized carbons (Fsp3) is 0.500. The highest BCUT2D eigenvalue weighted by atomic mass is 16.4. The van der Waals surface area contributed by atoms with Crippen molar-refractivity contribution in [3.05, 3.63) is 29.8 Å². The minimum Gasteiger partial charge on any atom is -0.480 e. The van der Waals surface area contributed by atoms with Crippen molar-refractivity contribution < 1.29 is 19.5 Å². The van der Waals surface area contributed by atoms with Crippen LogP contribution in [0.15, 0.2) is 24.3 Å². The first-order valence-electron chi connectivity index (χ1n) is 8.43. The van der Waals surface area contributed by atoms with E-state index in [-0.39, 0.29) is 24.8 Å². The normalized spacial score (nSPS) is 14.9. The molecule has 0 saturated carbocycles. The number of carbonyl (C=O) groups is 3. The summed E-state index contributed by atoms with van der Waals surface area (Å²) in [4.78, 5) is 37.0. The summed E-state index contributed by atoms with van der Waals surface area (Å²) in [5.74, 6) is -1.35. The van der Waals surface area contributed by atoms with Crippen LogP contribution in [0.3, 0.4) is 0 Å². The summed E-state index contributed by atoms with van der Waals surface area (Å²) in [6.45, 7) is 2.24. The van der Waals surface area contributed by atoms with Crippen molar-refractivity contribution in [2.24, 2.45) is 0 Å². The number of nitrogens with zero attached hydrogens (tertiary/aromatic N) is 1. The molecule has 0 radical (unpaired) electrons. The first-order valence-corrected chi connectivity index (χ1v) is 8.43. The second-order valence-corrected chi connectivity index (χ2v) is 6.02. The summed E-state index contributed by atoms with van der Waals surface area (Å²) in [5.41, 5.74) is 1.95. The van der Waals surface area contributed by atoms with E-state index in [0.717, 1.165) is 30.5 Å². The number of anilines is 1. The maximum atomic E-state index is 12.1. The maximum Gasteiger partial charge on any atom is 0.326 e. The molecule has 0 bridgehead atoms. The SMILES string of the molecule is CCCCC(NC(=O)CCN1C(=O)CCc2ccccc21)C(=O)O. The topological polar surface area (TPSA) is 86.7 Å². The lowest BCUT2D eigenvalue weighted by molar-refractivity contribution is -0.142. The number of hydrogen-bond acceptors (Lipinski definition) is 3. The third-order valence-corrected chi connectivity index (χ3v) is 4.23. The van der Waals surface area contributed by atoms with Crippen LogP contribution in [-0.2, 0) is 20.8 Å². The van der Waals surface area contributed by atoms with Gasteiger partial charge in [0.15, 0.2) is 0 Å². The van der Waals surface area contributed by atoms with E-state index < -0.39 is 12.0 Å². The number of rotatable bonds is 8. The molecule has 0 fully saturated rings. The summed E-state index contributed by atoms with van der Waals surface area (Å²) >= 11 is 0. The minimum atomic E-state index is -1.02. The van der Waals surface area contributed by atoms with E-state index in [2.05, 4.69) is 5.32 Å². The summed E-state index contributed by atoms with van der Waals surface area (Å²) in [7, 11) is 0. The van der Waals surface area contributed by atoms with Crippen LogP contribution in [0.5, 0.6) is 0 Å². The predicted molar refractivity (Wildman–Crippen MR) is 90.8 cm³/mol. The van der Waals surface area contributed by atoms with Crippen LogP contribution in [0.1, 0.15) is 44.6 Å². The Morgan fingerprint density at radius 2 is 2.04 bits per heavy atom. The molecule has 24 heavy (non-hydrogen) atoms. The van der Waals surface area contributed by atoms with Crippen molar-refractivity contribution in [3.8, 4) is 0 Å². The quantitative estimate of drug-likeness (QED) is 0.763. The van der Waals surface area contributed by atoms with E-state index in [1.165, 1.54) is 0 Å². The van der Waals surface area contributed by atoms with Crippen LogP contribution in [-0.4, -0.2) is 35.5 Å². The lowest BCUT2D eigenvalue weighted by Crippen LogP contribution is -2.43. The highest BCUT2D eigenvalue weighted by Gasteiger charge is 2.25. The number of para-hydroxylation sites is 1. The number of carboxylic acids is 1. The summed E-state index contributed by atoms with van der Waals surface area (Å²) in [6, 6.07) is 6.81. The summed E-state index contributed by atoms with van der Waals surface area (Å²) < 4.78 is 0. The smallest absolute Gasteiger partial charge is 0.326 e. The fourth-order valence-electron chi connectivity index (χ4n) is 2.89. The van der Waals surface area contributed by atoms with Crippen molar-refractivity contribution in [1.29, 1.82) is 0 Å². The summed E-state index contributed by atoms with van der Waals surface area (Å²) in [6.07, 6.45) is 3.29. The molecule has 1 heterocycles. The second-order valence-electron chi connectivity index (χ2n) is 6.02. The molecule has 1 aromatic rings. The maximum absolute atomic E-state index is 12.1. The molecular formula is C18H24N2O4. The van der Waals surface area contributed by atoms with E-state index in [1.807, 2.05) is 31.2 Å². The molecular weight excluding hydrogens is 308 g/mol. The Bertz CT molecular complexity index is 615. The molecule has 6 nitrogen and oxygen atoms in total. The Hall–Kier alpha value is -2.37. The first kappa shape index (κ1) is 18.0. The van der Waals surface area contributed by atoms with Crippen molar-refractivity contribution in [2.45, 2.75) is 51.5 Å². The Balaban J connectivity index is 1.93. The average molecular weight is 332 g/mol. The highest BCUT2D eigenvalue weighted by molar-refractivity contribution is 5.97. The molecule has 1 aliphatic heterocycles. The lowest BCUT2D eigenvalue weighted by atomic mass is 10.0. The number of aliphatic carboxylic acids is 1. The van der Waals surface area contributed by atoms with Gasteiger partial charge in [0.2, 0.25) is 11.8 Å². The van der Waals surface area contributed by atoms with E-state index in [4.69, 9.17) is 5.11 Å². The number of amides is 2. The molecule has 2 rings (SSSR count). The van der Waals surface area contributed by atoms with Crippen LogP contribution in [0.25, 0.3) is 0 Å². The standard InChI is InChI=1S/C18H24N2O4/c1-2-3-7-14(18(23)24)19-16(21)11-12-20-15-8-5-4-6-13(15)9-10-17(20)22/h4-6,8,14H,2-3,7,9-12H2,1H3,(H,19,21)(H,23,24). The number of nitrogens with one attached hydrogen (secondary N) is 1. The van der Waals surface area contributed by atoms with Gasteiger partial charge in [0, 0.05) is 25.1 Å². The predicted octanol–water partition coefficient (Wildman–Crippen LogP) is 2.12.